The second kappa shape index (κ2) is 12.3. The molecule has 31 heavy (non-hydrogen) atoms. The molecule has 2 aliphatic heterocycles. The average molecular weight is 453 g/mol. The van der Waals surface area contributed by atoms with E-state index >= 15 is 0 Å². The van der Waals surface area contributed by atoms with Crippen LogP contribution in [0.3, 0.4) is 0 Å². The molecular formula is C21H40O10. The highest BCUT2D eigenvalue weighted by Gasteiger charge is 2.46. The molecule has 2 saturated heterocycles. The lowest BCUT2D eigenvalue weighted by Crippen LogP contribution is -2.58. The van der Waals surface area contributed by atoms with Gasteiger partial charge in [0.25, 0.3) is 0 Å². The summed E-state index contributed by atoms with van der Waals surface area (Å²) >= 11 is 0. The second-order valence-electron chi connectivity index (χ2n) is 10.2. The first-order valence-electron chi connectivity index (χ1n) is 10.3. The number of aliphatic hydroxyl groups excluding tert-OH is 6. The Hall–Kier alpha value is -0.940. The highest BCUT2D eigenvalue weighted by Crippen LogP contribution is 2.35. The van der Waals surface area contributed by atoms with Gasteiger partial charge in [0.1, 0.15) is 24.4 Å². The molecule has 0 aromatic rings. The molecule has 0 aromatic carbocycles. The Balaban J connectivity index is 0.000000519. The van der Waals surface area contributed by atoms with Crippen LogP contribution in [0.1, 0.15) is 48.5 Å². The molecule has 0 spiro atoms. The third-order valence-electron chi connectivity index (χ3n) is 5.48. The summed E-state index contributed by atoms with van der Waals surface area (Å²) in [6.45, 7) is 13.3. The van der Waals surface area contributed by atoms with E-state index < -0.39 is 42.7 Å². The van der Waals surface area contributed by atoms with E-state index in [9.17, 15) is 25.5 Å². The molecule has 0 saturated carbocycles. The molecule has 10 heteroatoms. The van der Waals surface area contributed by atoms with Gasteiger partial charge in [-0.3, -0.25) is 0 Å². The van der Waals surface area contributed by atoms with E-state index in [1.807, 2.05) is 41.5 Å². The van der Waals surface area contributed by atoms with Gasteiger partial charge in [0, 0.05) is 5.92 Å². The van der Waals surface area contributed by atoms with E-state index in [2.05, 4.69) is 0 Å². The van der Waals surface area contributed by atoms with Gasteiger partial charge in [-0.2, -0.15) is 9.59 Å². The fourth-order valence-corrected chi connectivity index (χ4v) is 3.60. The number of hydrogen-bond acceptors (Lipinski definition) is 10. The Bertz CT molecular complexity index is 547. The maximum absolute atomic E-state index is 9.99. The molecule has 2 heterocycles. The zero-order valence-electron chi connectivity index (χ0n) is 19.4. The zero-order valence-corrected chi connectivity index (χ0v) is 19.4. The van der Waals surface area contributed by atoms with Crippen molar-refractivity contribution in [1.82, 2.24) is 0 Å². The summed E-state index contributed by atoms with van der Waals surface area (Å²) in [6, 6.07) is 0. The summed E-state index contributed by atoms with van der Waals surface area (Å²) < 4.78 is 10.8. The van der Waals surface area contributed by atoms with Crippen LogP contribution in [0, 0.1) is 16.7 Å². The Morgan fingerprint density at radius 1 is 0.806 bits per heavy atom. The minimum atomic E-state index is -1.10. The number of carbonyl (C=O) groups excluding carboxylic acids is 2. The van der Waals surface area contributed by atoms with Crippen LogP contribution >= 0.6 is 0 Å². The van der Waals surface area contributed by atoms with E-state index in [0.717, 1.165) is 0 Å². The first-order chi connectivity index (χ1) is 14.0. The van der Waals surface area contributed by atoms with Crippen molar-refractivity contribution in [3.63, 3.8) is 0 Å². The lowest BCUT2D eigenvalue weighted by molar-refractivity contribution is -0.230. The standard InChI is InChI=1S/C11H22O4.C9H18O4.CO2/c1-6-8(13)7(5-12)15-10(9(6)14)11(2,3)4;1-9(2,3)8-7(12)6(11)5(10)4-13-8;2-1-3/h6-10,12-14H,5H2,1-4H3;5-8,10-12H,4H2,1-3H3;/t6-,7+,8+,9+,10?;5-,6+,7-,8?;/m01./s1. The summed E-state index contributed by atoms with van der Waals surface area (Å²) in [5.41, 5.74) is -0.443. The molecule has 0 amide bonds. The summed E-state index contributed by atoms with van der Waals surface area (Å²) in [4.78, 5) is 16.2. The molecule has 6 N–H and O–H groups in total. The zero-order chi connectivity index (χ0) is 24.7. The van der Waals surface area contributed by atoms with Crippen LogP contribution < -0.4 is 0 Å². The average Bonchev–Trinajstić information content (AvgIpc) is 2.63. The smallest absolute Gasteiger partial charge is 0.373 e. The Morgan fingerprint density at radius 2 is 1.26 bits per heavy atom. The first-order valence-corrected chi connectivity index (χ1v) is 10.3. The van der Waals surface area contributed by atoms with Crippen molar-refractivity contribution in [2.75, 3.05) is 13.2 Å². The lowest BCUT2D eigenvalue weighted by atomic mass is 9.77. The van der Waals surface area contributed by atoms with E-state index in [1.165, 1.54) is 0 Å². The molecule has 2 fully saturated rings. The molecule has 10 nitrogen and oxygen atoms in total. The SMILES string of the molecule is CC(C)(C)C1OC[C@@H](O)[C@H](O)[C@H]1O.C[C@H]1[C@@H](O)[C@@H](CO)OC(C(C)(C)C)[C@@H]1O.O=C=O. The van der Waals surface area contributed by atoms with Gasteiger partial charge in [-0.05, 0) is 10.8 Å². The highest BCUT2D eigenvalue weighted by atomic mass is 16.5. The van der Waals surface area contributed by atoms with Crippen molar-refractivity contribution < 1.29 is 49.7 Å². The van der Waals surface area contributed by atoms with Gasteiger partial charge in [0.15, 0.2) is 0 Å². The fraction of sp³-hybridized carbons (Fsp3) is 0.952. The van der Waals surface area contributed by atoms with Crippen LogP contribution in [0.15, 0.2) is 0 Å². The van der Waals surface area contributed by atoms with Gasteiger partial charge in [0.2, 0.25) is 0 Å². The van der Waals surface area contributed by atoms with Crippen LogP contribution in [0.2, 0.25) is 0 Å². The topological polar surface area (TPSA) is 174 Å². The van der Waals surface area contributed by atoms with E-state index in [4.69, 9.17) is 24.2 Å². The van der Waals surface area contributed by atoms with Gasteiger partial charge in [-0.25, -0.2) is 0 Å². The molecular weight excluding hydrogens is 412 g/mol. The van der Waals surface area contributed by atoms with Gasteiger partial charge in [-0.1, -0.05) is 48.5 Å². The third-order valence-corrected chi connectivity index (χ3v) is 5.48. The van der Waals surface area contributed by atoms with Crippen molar-refractivity contribution in [3.8, 4) is 0 Å². The monoisotopic (exact) mass is 452 g/mol. The Kier molecular flexibility index (Phi) is 12.0. The van der Waals surface area contributed by atoms with Crippen molar-refractivity contribution in [2.24, 2.45) is 16.7 Å². The normalized spacial score (nSPS) is 38.7. The van der Waals surface area contributed by atoms with Crippen molar-refractivity contribution in [2.45, 2.75) is 97.3 Å². The largest absolute Gasteiger partial charge is 0.394 e. The molecule has 184 valence electrons. The van der Waals surface area contributed by atoms with Crippen LogP contribution in [0.4, 0.5) is 0 Å². The first kappa shape index (κ1) is 30.1. The lowest BCUT2D eigenvalue weighted by Gasteiger charge is -2.46. The minimum absolute atomic E-state index is 0.0835. The third kappa shape index (κ3) is 8.49. The highest BCUT2D eigenvalue weighted by molar-refractivity contribution is 5.20. The number of aliphatic hydroxyl groups is 6. The second-order valence-corrected chi connectivity index (χ2v) is 10.2. The minimum Gasteiger partial charge on any atom is -0.394 e. The van der Waals surface area contributed by atoms with Crippen LogP contribution in [0.25, 0.3) is 0 Å². The summed E-state index contributed by atoms with van der Waals surface area (Å²) in [7, 11) is 0. The number of rotatable bonds is 1. The Morgan fingerprint density at radius 3 is 1.65 bits per heavy atom. The molecule has 9 atom stereocenters. The molecule has 0 aromatic heterocycles. The van der Waals surface area contributed by atoms with E-state index in [-0.39, 0.29) is 42.2 Å². The van der Waals surface area contributed by atoms with E-state index in [1.54, 1.807) is 6.92 Å². The van der Waals surface area contributed by atoms with Gasteiger partial charge in [-0.15, -0.1) is 0 Å². The molecule has 2 unspecified atom stereocenters. The van der Waals surface area contributed by atoms with Crippen LogP contribution in [-0.4, -0.2) is 98.8 Å². The Labute approximate surface area is 183 Å². The summed E-state index contributed by atoms with van der Waals surface area (Å²) in [6.07, 6.45) is -5.70. The van der Waals surface area contributed by atoms with Crippen LogP contribution in [0.5, 0.6) is 0 Å². The predicted molar refractivity (Wildman–Crippen MR) is 109 cm³/mol. The van der Waals surface area contributed by atoms with Gasteiger partial charge >= 0.3 is 6.15 Å². The maximum atomic E-state index is 9.99. The molecule has 2 rings (SSSR count). The van der Waals surface area contributed by atoms with Crippen molar-refractivity contribution >= 4 is 6.15 Å². The quantitative estimate of drug-likeness (QED) is 0.292. The van der Waals surface area contributed by atoms with Gasteiger partial charge < -0.3 is 40.1 Å². The molecule has 2 aliphatic rings. The van der Waals surface area contributed by atoms with Crippen molar-refractivity contribution in [3.05, 3.63) is 0 Å². The molecule has 0 aliphatic carbocycles. The number of ether oxygens (including phenoxy) is 2. The van der Waals surface area contributed by atoms with Crippen LogP contribution in [-0.2, 0) is 19.1 Å². The van der Waals surface area contributed by atoms with E-state index in [0.29, 0.717) is 0 Å². The maximum Gasteiger partial charge on any atom is 0.373 e. The molecule has 0 bridgehead atoms. The predicted octanol–water partition coefficient (Wildman–Crippen LogP) is -0.919. The molecule has 0 radical (unpaired) electrons. The summed E-state index contributed by atoms with van der Waals surface area (Å²) in [5, 5.41) is 57.0. The fourth-order valence-electron chi connectivity index (χ4n) is 3.60. The summed E-state index contributed by atoms with van der Waals surface area (Å²) in [5.74, 6) is -0.278. The number of hydrogen-bond donors (Lipinski definition) is 6. The van der Waals surface area contributed by atoms with Gasteiger partial charge in [0.05, 0.1) is 37.6 Å². The van der Waals surface area contributed by atoms with Crippen molar-refractivity contribution in [1.29, 1.82) is 0 Å².